The van der Waals surface area contributed by atoms with Gasteiger partial charge in [0.15, 0.2) is 0 Å². The molecule has 0 spiro atoms. The number of fused-ring (bicyclic) bond motifs is 1. The first-order chi connectivity index (χ1) is 14.1. The Hall–Kier alpha value is -3.52. The highest BCUT2D eigenvalue weighted by molar-refractivity contribution is 7.09. The molecule has 7 nitrogen and oxygen atoms in total. The predicted molar refractivity (Wildman–Crippen MR) is 114 cm³/mol. The number of aliphatic imine (C=N–C) groups is 2. The lowest BCUT2D eigenvalue weighted by atomic mass is 9.94. The number of methoxy groups -OCH3 is 1. The fourth-order valence-electron chi connectivity index (χ4n) is 3.09. The fraction of sp³-hybridized carbons (Fsp3) is 0.143. The van der Waals surface area contributed by atoms with Gasteiger partial charge in [-0.05, 0) is 29.7 Å². The van der Waals surface area contributed by atoms with E-state index in [0.29, 0.717) is 29.5 Å². The Morgan fingerprint density at radius 2 is 2.21 bits per heavy atom. The van der Waals surface area contributed by atoms with Crippen molar-refractivity contribution in [1.82, 2.24) is 4.90 Å². The molecule has 2 aromatic rings. The molecule has 2 heterocycles. The molecule has 146 valence electrons. The minimum atomic E-state index is -0.568. The number of urea groups is 2. The van der Waals surface area contributed by atoms with Crippen LogP contribution in [0.2, 0.25) is 0 Å². The molecule has 29 heavy (non-hydrogen) atoms. The standard InChI is InChI=1S/C21H18N4O3S/c1-28-15-7-4-6-14(12-15)22-20(26)24-19-17-9-2-3-10-18(17)23-21(27)25(19)13-16-8-5-11-29-16/h2-12,17H,13H2,1H3,(H,22,26)/b24-19+. The van der Waals surface area contributed by atoms with Gasteiger partial charge in [-0.2, -0.15) is 9.98 Å². The number of rotatable bonds is 4. The molecule has 1 atom stereocenters. The molecule has 4 amide bonds. The van der Waals surface area contributed by atoms with Crippen LogP contribution >= 0.6 is 11.3 Å². The van der Waals surface area contributed by atoms with Crippen LogP contribution in [-0.4, -0.2) is 35.6 Å². The van der Waals surface area contributed by atoms with Crippen LogP contribution < -0.4 is 10.1 Å². The van der Waals surface area contributed by atoms with E-state index in [2.05, 4.69) is 15.3 Å². The molecule has 4 rings (SSSR count). The van der Waals surface area contributed by atoms with Crippen molar-refractivity contribution >= 4 is 40.6 Å². The number of nitrogens with zero attached hydrogens (tertiary/aromatic N) is 3. The first-order valence-corrected chi connectivity index (χ1v) is 9.83. The Morgan fingerprint density at radius 3 is 3.00 bits per heavy atom. The van der Waals surface area contributed by atoms with Crippen molar-refractivity contribution in [2.24, 2.45) is 15.9 Å². The van der Waals surface area contributed by atoms with E-state index in [-0.39, 0.29) is 5.92 Å². The number of allylic oxidation sites excluding steroid dienone is 3. The molecule has 0 bridgehead atoms. The zero-order valence-electron chi connectivity index (χ0n) is 15.6. The van der Waals surface area contributed by atoms with Gasteiger partial charge in [-0.3, -0.25) is 4.90 Å². The van der Waals surface area contributed by atoms with Crippen molar-refractivity contribution in [2.45, 2.75) is 6.54 Å². The molecule has 1 unspecified atom stereocenters. The number of carbonyl (C=O) groups excluding carboxylic acids is 2. The topological polar surface area (TPSA) is 83.4 Å². The number of hydrogen-bond donors (Lipinski definition) is 1. The van der Waals surface area contributed by atoms with Crippen LogP contribution in [0.4, 0.5) is 15.3 Å². The third-order valence-corrected chi connectivity index (χ3v) is 5.30. The summed E-state index contributed by atoms with van der Waals surface area (Å²) in [6.45, 7) is 0.312. The quantitative estimate of drug-likeness (QED) is 0.811. The second kappa shape index (κ2) is 8.24. The van der Waals surface area contributed by atoms with E-state index in [1.807, 2.05) is 35.7 Å². The molecule has 1 aromatic heterocycles. The van der Waals surface area contributed by atoms with Gasteiger partial charge >= 0.3 is 12.1 Å². The molecule has 0 saturated heterocycles. The lowest BCUT2D eigenvalue weighted by Crippen LogP contribution is -2.46. The molecule has 8 heteroatoms. The fourth-order valence-corrected chi connectivity index (χ4v) is 3.78. The predicted octanol–water partition coefficient (Wildman–Crippen LogP) is 4.51. The second-order valence-corrected chi connectivity index (χ2v) is 7.37. The van der Waals surface area contributed by atoms with Crippen molar-refractivity contribution in [2.75, 3.05) is 12.4 Å². The van der Waals surface area contributed by atoms with Crippen molar-refractivity contribution < 1.29 is 14.3 Å². The van der Waals surface area contributed by atoms with Crippen LogP contribution in [0.25, 0.3) is 0 Å². The molecule has 0 fully saturated rings. The number of carbonyl (C=O) groups is 2. The number of ether oxygens (including phenoxy) is 1. The average molecular weight is 406 g/mol. The molecule has 2 aliphatic rings. The third kappa shape index (κ3) is 4.17. The van der Waals surface area contributed by atoms with Gasteiger partial charge in [0, 0.05) is 16.6 Å². The first kappa shape index (κ1) is 18.8. The summed E-state index contributed by atoms with van der Waals surface area (Å²) in [6, 6.07) is 9.84. The number of hydrogen-bond acceptors (Lipinski definition) is 4. The number of amides is 4. The van der Waals surface area contributed by atoms with Crippen LogP contribution in [0.1, 0.15) is 4.88 Å². The molecule has 1 aromatic carbocycles. The van der Waals surface area contributed by atoms with Crippen LogP contribution in [0, 0.1) is 5.92 Å². The van der Waals surface area contributed by atoms with Crippen molar-refractivity contribution in [3.8, 4) is 5.75 Å². The van der Waals surface area contributed by atoms with Crippen molar-refractivity contribution in [3.63, 3.8) is 0 Å². The van der Waals surface area contributed by atoms with E-state index >= 15 is 0 Å². The number of nitrogens with one attached hydrogen (secondary N) is 1. The highest BCUT2D eigenvalue weighted by atomic mass is 32.1. The van der Waals surface area contributed by atoms with Gasteiger partial charge in [-0.25, -0.2) is 9.59 Å². The Balaban J connectivity index is 1.65. The van der Waals surface area contributed by atoms with E-state index in [9.17, 15) is 9.59 Å². The van der Waals surface area contributed by atoms with E-state index in [1.165, 1.54) is 16.2 Å². The van der Waals surface area contributed by atoms with Gasteiger partial charge in [0.1, 0.15) is 11.6 Å². The van der Waals surface area contributed by atoms with Gasteiger partial charge in [-0.1, -0.05) is 30.4 Å². The van der Waals surface area contributed by atoms with E-state index in [1.54, 1.807) is 37.5 Å². The molecule has 1 aliphatic heterocycles. The van der Waals surface area contributed by atoms with Gasteiger partial charge in [0.25, 0.3) is 0 Å². The number of thiophene rings is 1. The summed E-state index contributed by atoms with van der Waals surface area (Å²) >= 11 is 1.53. The number of amidine groups is 1. The second-order valence-electron chi connectivity index (χ2n) is 6.34. The Morgan fingerprint density at radius 1 is 1.31 bits per heavy atom. The highest BCUT2D eigenvalue weighted by Gasteiger charge is 2.34. The smallest absolute Gasteiger partial charge is 0.349 e. The molecule has 1 aliphatic carbocycles. The Kier molecular flexibility index (Phi) is 5.35. The van der Waals surface area contributed by atoms with Gasteiger partial charge in [0.05, 0.1) is 25.3 Å². The van der Waals surface area contributed by atoms with Crippen LogP contribution in [-0.2, 0) is 6.54 Å². The number of benzene rings is 1. The SMILES string of the molecule is COc1cccc(NC(=O)/N=C2\C3C=CC=CC3=NC(=O)N2Cc2cccs2)c1. The van der Waals surface area contributed by atoms with Crippen LogP contribution in [0.3, 0.4) is 0 Å². The molecule has 1 N–H and O–H groups in total. The van der Waals surface area contributed by atoms with Crippen LogP contribution in [0.5, 0.6) is 5.75 Å². The molecule has 0 saturated carbocycles. The molecular formula is C21H18N4O3S. The minimum Gasteiger partial charge on any atom is -0.497 e. The number of anilines is 1. The van der Waals surface area contributed by atoms with Crippen molar-refractivity contribution in [1.29, 1.82) is 0 Å². The van der Waals surface area contributed by atoms with Gasteiger partial charge in [0.2, 0.25) is 0 Å². The first-order valence-electron chi connectivity index (χ1n) is 8.95. The largest absolute Gasteiger partial charge is 0.497 e. The molecule has 0 radical (unpaired) electrons. The summed E-state index contributed by atoms with van der Waals surface area (Å²) in [4.78, 5) is 36.2. The zero-order valence-corrected chi connectivity index (χ0v) is 16.4. The maximum atomic E-state index is 12.7. The summed E-state index contributed by atoms with van der Waals surface area (Å²) in [5.41, 5.74) is 1.13. The Labute approximate surface area is 171 Å². The van der Waals surface area contributed by atoms with E-state index in [4.69, 9.17) is 4.74 Å². The van der Waals surface area contributed by atoms with Crippen LogP contribution in [0.15, 0.2) is 76.1 Å². The summed E-state index contributed by atoms with van der Waals surface area (Å²) in [5, 5.41) is 4.67. The van der Waals surface area contributed by atoms with E-state index < -0.39 is 12.1 Å². The third-order valence-electron chi connectivity index (χ3n) is 4.44. The van der Waals surface area contributed by atoms with Gasteiger partial charge < -0.3 is 10.1 Å². The Bertz CT molecular complexity index is 1050. The molecular weight excluding hydrogens is 388 g/mol. The highest BCUT2D eigenvalue weighted by Crippen LogP contribution is 2.24. The van der Waals surface area contributed by atoms with E-state index in [0.717, 1.165) is 4.88 Å². The summed E-state index contributed by atoms with van der Waals surface area (Å²) in [6.07, 6.45) is 7.31. The monoisotopic (exact) mass is 406 g/mol. The van der Waals surface area contributed by atoms with Gasteiger partial charge in [-0.15, -0.1) is 11.3 Å². The normalized spacial score (nSPS) is 19.1. The average Bonchev–Trinajstić information content (AvgIpc) is 3.24. The minimum absolute atomic E-state index is 0.312. The maximum Gasteiger partial charge on any atom is 0.349 e. The lowest BCUT2D eigenvalue weighted by molar-refractivity contribution is 0.227. The maximum absolute atomic E-state index is 12.7. The lowest BCUT2D eigenvalue weighted by Gasteiger charge is -2.31. The van der Waals surface area contributed by atoms with Crippen molar-refractivity contribution in [3.05, 3.63) is 71.0 Å². The summed E-state index contributed by atoms with van der Waals surface area (Å²) in [7, 11) is 1.56. The zero-order chi connectivity index (χ0) is 20.2. The summed E-state index contributed by atoms with van der Waals surface area (Å²) < 4.78 is 5.18. The summed E-state index contributed by atoms with van der Waals surface area (Å²) in [5.74, 6) is 0.625.